The van der Waals surface area contributed by atoms with Crippen molar-refractivity contribution in [3.05, 3.63) is 87.6 Å². The molecule has 0 saturated heterocycles. The number of hydrazone groups is 1. The average Bonchev–Trinajstić information content (AvgIpc) is 2.88. The van der Waals surface area contributed by atoms with Crippen molar-refractivity contribution in [2.24, 2.45) is 5.10 Å². The first-order valence-electron chi connectivity index (χ1n) is 12.1. The number of allylic oxidation sites excluding steroid dienone is 1. The van der Waals surface area contributed by atoms with E-state index in [0.717, 1.165) is 27.8 Å². The summed E-state index contributed by atoms with van der Waals surface area (Å²) < 4.78 is 11.2. The number of hydrogen-bond acceptors (Lipinski definition) is 8. The Bertz CT molecular complexity index is 1430. The van der Waals surface area contributed by atoms with Crippen molar-refractivity contribution < 1.29 is 14.3 Å². The molecule has 9 heteroatoms. The summed E-state index contributed by atoms with van der Waals surface area (Å²) in [4.78, 5) is 21.7. The maximum absolute atomic E-state index is 13.4. The van der Waals surface area contributed by atoms with Gasteiger partial charge in [0.1, 0.15) is 5.82 Å². The predicted molar refractivity (Wildman–Crippen MR) is 150 cm³/mol. The van der Waals surface area contributed by atoms with E-state index in [1.165, 1.54) is 11.1 Å². The lowest BCUT2D eigenvalue weighted by Crippen LogP contribution is -2.31. The van der Waals surface area contributed by atoms with E-state index in [2.05, 4.69) is 15.1 Å². The number of methoxy groups -OCH3 is 2. The molecule has 3 aromatic rings. The van der Waals surface area contributed by atoms with E-state index < -0.39 is 0 Å². The van der Waals surface area contributed by atoms with Gasteiger partial charge in [-0.3, -0.25) is 4.79 Å². The number of aryl methyl sites for hydroxylation is 1. The highest BCUT2D eigenvalue weighted by Crippen LogP contribution is 2.35. The fraction of sp³-hybridized carbons (Fsp3) is 0.241. The molecular formula is C29H32N6O3. The molecule has 1 atom stereocenters. The van der Waals surface area contributed by atoms with Crippen LogP contribution in [0.1, 0.15) is 53.4 Å². The Hall–Kier alpha value is -4.66. The molecule has 0 aliphatic carbocycles. The van der Waals surface area contributed by atoms with Gasteiger partial charge in [0, 0.05) is 34.9 Å². The Morgan fingerprint density at radius 2 is 1.87 bits per heavy atom. The van der Waals surface area contributed by atoms with E-state index in [1.54, 1.807) is 26.5 Å². The normalized spacial score (nSPS) is 14.3. The highest BCUT2D eigenvalue weighted by Gasteiger charge is 2.26. The van der Waals surface area contributed by atoms with Crippen LogP contribution in [0, 0.1) is 6.92 Å². The molecule has 2 heterocycles. The van der Waals surface area contributed by atoms with Crippen molar-refractivity contribution >= 4 is 30.0 Å². The molecule has 9 nitrogen and oxygen atoms in total. The van der Waals surface area contributed by atoms with E-state index in [0.29, 0.717) is 35.0 Å². The van der Waals surface area contributed by atoms with Gasteiger partial charge in [0.15, 0.2) is 11.5 Å². The number of ether oxygens (including phenoxy) is 2. The number of nitrogens with two attached hydrogens (primary N) is 2. The molecule has 0 saturated carbocycles. The Labute approximate surface area is 222 Å². The largest absolute Gasteiger partial charge is 0.493 e. The van der Waals surface area contributed by atoms with Crippen molar-refractivity contribution in [1.29, 1.82) is 0 Å². The molecule has 4 rings (SSSR count). The van der Waals surface area contributed by atoms with E-state index >= 15 is 0 Å². The molecule has 196 valence electrons. The highest BCUT2D eigenvalue weighted by atomic mass is 16.5. The van der Waals surface area contributed by atoms with Crippen molar-refractivity contribution in [2.75, 3.05) is 25.7 Å². The number of anilines is 2. The van der Waals surface area contributed by atoms with Crippen molar-refractivity contribution in [1.82, 2.24) is 15.0 Å². The Kier molecular flexibility index (Phi) is 7.76. The number of carbonyl (C=O) groups excluding carboxylic acids is 1. The molecule has 1 amide bonds. The Balaban J connectivity index is 1.69. The lowest BCUT2D eigenvalue weighted by molar-refractivity contribution is -0.127. The molecule has 1 aliphatic rings. The van der Waals surface area contributed by atoms with Gasteiger partial charge in [-0.15, -0.1) is 0 Å². The SMILES string of the molecule is COc1cc(Cc2c(C)nc(N)nc2N)cc(C=CC(=O)N2N=Cc3ccccc3C2C=C(C)C)c1OC. The summed E-state index contributed by atoms with van der Waals surface area (Å²) in [5, 5.41) is 5.94. The van der Waals surface area contributed by atoms with Crippen LogP contribution in [0.5, 0.6) is 11.5 Å². The monoisotopic (exact) mass is 512 g/mol. The average molecular weight is 513 g/mol. The lowest BCUT2D eigenvalue weighted by Gasteiger charge is -2.29. The molecule has 0 radical (unpaired) electrons. The number of hydrogen-bond donors (Lipinski definition) is 2. The zero-order valence-corrected chi connectivity index (χ0v) is 22.2. The van der Waals surface area contributed by atoms with Gasteiger partial charge in [0.05, 0.1) is 26.5 Å². The van der Waals surface area contributed by atoms with Crippen LogP contribution in [0.2, 0.25) is 0 Å². The molecule has 0 fully saturated rings. The summed E-state index contributed by atoms with van der Waals surface area (Å²) in [7, 11) is 3.12. The van der Waals surface area contributed by atoms with Crippen LogP contribution in [0.15, 0.2) is 59.2 Å². The molecule has 4 N–H and O–H groups in total. The van der Waals surface area contributed by atoms with Crippen LogP contribution in [-0.2, 0) is 11.2 Å². The summed E-state index contributed by atoms with van der Waals surface area (Å²) in [5.41, 5.74) is 18.0. The second-order valence-corrected chi connectivity index (χ2v) is 9.21. The number of benzene rings is 2. The summed E-state index contributed by atoms with van der Waals surface area (Å²) in [5.74, 6) is 1.22. The van der Waals surface area contributed by atoms with Gasteiger partial charge in [0.2, 0.25) is 5.95 Å². The van der Waals surface area contributed by atoms with Crippen molar-refractivity contribution in [3.8, 4) is 11.5 Å². The van der Waals surface area contributed by atoms with Gasteiger partial charge < -0.3 is 20.9 Å². The van der Waals surface area contributed by atoms with Gasteiger partial charge in [-0.25, -0.2) is 9.99 Å². The minimum atomic E-state index is -0.308. The number of amides is 1. The predicted octanol–water partition coefficient (Wildman–Crippen LogP) is 4.45. The first kappa shape index (κ1) is 26.4. The van der Waals surface area contributed by atoms with Gasteiger partial charge >= 0.3 is 0 Å². The number of fused-ring (bicyclic) bond motifs is 1. The summed E-state index contributed by atoms with van der Waals surface area (Å²) in [6.07, 6.45) is 7.39. The second kappa shape index (κ2) is 11.2. The first-order chi connectivity index (χ1) is 18.2. The van der Waals surface area contributed by atoms with Crippen LogP contribution in [0.25, 0.3) is 6.08 Å². The summed E-state index contributed by atoms with van der Waals surface area (Å²) >= 11 is 0. The van der Waals surface area contributed by atoms with E-state index in [4.69, 9.17) is 20.9 Å². The smallest absolute Gasteiger partial charge is 0.267 e. The number of nitrogens with zero attached hydrogens (tertiary/aromatic N) is 4. The summed E-state index contributed by atoms with van der Waals surface area (Å²) in [6, 6.07) is 11.4. The molecule has 1 unspecified atom stereocenters. The van der Waals surface area contributed by atoms with Gasteiger partial charge in [-0.2, -0.15) is 10.1 Å². The van der Waals surface area contributed by atoms with Crippen LogP contribution in [0.4, 0.5) is 11.8 Å². The van der Waals surface area contributed by atoms with E-state index in [9.17, 15) is 4.79 Å². The first-order valence-corrected chi connectivity index (χ1v) is 12.1. The third kappa shape index (κ3) is 5.51. The molecule has 0 bridgehead atoms. The highest BCUT2D eigenvalue weighted by molar-refractivity contribution is 5.95. The maximum atomic E-state index is 13.4. The second-order valence-electron chi connectivity index (χ2n) is 9.21. The third-order valence-electron chi connectivity index (χ3n) is 6.23. The van der Waals surface area contributed by atoms with Gasteiger partial charge in [-0.05, 0) is 50.1 Å². The minimum Gasteiger partial charge on any atom is -0.493 e. The Morgan fingerprint density at radius 3 is 2.55 bits per heavy atom. The Morgan fingerprint density at radius 1 is 1.11 bits per heavy atom. The van der Waals surface area contributed by atoms with Gasteiger partial charge in [-0.1, -0.05) is 35.9 Å². The standard InChI is InChI=1S/C29H32N6O3/c1-17(2)12-24-22-9-7-6-8-21(22)16-32-35(24)26(36)11-10-20-13-19(15-25(37-4)27(20)38-5)14-23-18(3)33-29(31)34-28(23)30/h6-13,15-16,24H,14H2,1-5H3,(H4,30,31,33,34). The molecule has 38 heavy (non-hydrogen) atoms. The zero-order valence-electron chi connectivity index (χ0n) is 22.2. The third-order valence-corrected chi connectivity index (χ3v) is 6.23. The van der Waals surface area contributed by atoms with Crippen molar-refractivity contribution in [2.45, 2.75) is 33.2 Å². The lowest BCUT2D eigenvalue weighted by atomic mass is 9.97. The number of rotatable bonds is 7. The quantitative estimate of drug-likeness (QED) is 0.353. The molecule has 1 aliphatic heterocycles. The van der Waals surface area contributed by atoms with Crippen LogP contribution in [0.3, 0.4) is 0 Å². The topological polar surface area (TPSA) is 129 Å². The van der Waals surface area contributed by atoms with Crippen LogP contribution < -0.4 is 20.9 Å². The molecule has 0 spiro atoms. The maximum Gasteiger partial charge on any atom is 0.267 e. The minimum absolute atomic E-state index is 0.132. The molecule has 1 aromatic heterocycles. The van der Waals surface area contributed by atoms with E-state index in [1.807, 2.05) is 63.2 Å². The summed E-state index contributed by atoms with van der Waals surface area (Å²) in [6.45, 7) is 5.84. The van der Waals surface area contributed by atoms with Gasteiger partial charge in [0.25, 0.3) is 5.91 Å². The van der Waals surface area contributed by atoms with Crippen molar-refractivity contribution in [3.63, 3.8) is 0 Å². The zero-order chi connectivity index (χ0) is 27.4. The fourth-order valence-electron chi connectivity index (χ4n) is 4.48. The number of carbonyl (C=O) groups is 1. The number of nitrogen functional groups attached to an aromatic ring is 2. The molecule has 2 aromatic carbocycles. The van der Waals surface area contributed by atoms with Crippen LogP contribution in [-0.4, -0.2) is 41.3 Å². The number of aromatic nitrogens is 2. The molecular weight excluding hydrogens is 480 g/mol. The fourth-order valence-corrected chi connectivity index (χ4v) is 4.48. The van der Waals surface area contributed by atoms with Crippen LogP contribution >= 0.6 is 0 Å². The van der Waals surface area contributed by atoms with E-state index in [-0.39, 0.29) is 17.9 Å².